The third kappa shape index (κ3) is 485. The van der Waals surface area contributed by atoms with Crippen LogP contribution in [-0.2, 0) is 5.48 Å². The summed E-state index contributed by atoms with van der Waals surface area (Å²) in [5.74, 6) is 0. The second-order valence-electron chi connectivity index (χ2n) is 0.238. The van der Waals surface area contributed by atoms with Crippen LogP contribution in [0.5, 0.6) is 0 Å². The minimum atomic E-state index is -1.50. The van der Waals surface area contributed by atoms with Gasteiger partial charge in [-0.2, -0.15) is 0 Å². The Labute approximate surface area is 47.0 Å². The monoisotopic (exact) mass is 87.0 g/mol. The molecule has 0 heterocycles. The third-order valence-corrected chi connectivity index (χ3v) is 0. The molecule has 34 valence electrons. The quantitative estimate of drug-likeness (QED) is 0.190. The van der Waals surface area contributed by atoms with Crippen LogP contribution < -0.4 is 18.9 Å². The predicted octanol–water partition coefficient (Wildman–Crippen LogP) is -3.35. The second-order valence-corrected chi connectivity index (χ2v) is 0.238. The molecular formula is H2LiNO4-2. The average molecular weight is 87.0 g/mol. The Morgan fingerprint density at radius 2 is 1.83 bits per heavy atom. The van der Waals surface area contributed by atoms with Crippen molar-refractivity contribution in [1.82, 2.24) is 0 Å². The van der Waals surface area contributed by atoms with Crippen molar-refractivity contribution in [3.8, 4) is 0 Å². The molecule has 0 fully saturated rings. The van der Waals surface area contributed by atoms with E-state index in [1.807, 2.05) is 0 Å². The third-order valence-electron chi connectivity index (χ3n) is 0. The molecule has 6 heavy (non-hydrogen) atoms. The molecule has 5 nitrogen and oxygen atoms in total. The van der Waals surface area contributed by atoms with Gasteiger partial charge in [-0.05, 0) is 0 Å². The van der Waals surface area contributed by atoms with Crippen LogP contribution in [0, 0.1) is 10.1 Å². The van der Waals surface area contributed by atoms with Crippen LogP contribution in [0.2, 0.25) is 0 Å². The van der Waals surface area contributed by atoms with E-state index in [9.17, 15) is 0 Å². The molecule has 0 bridgehead atoms. The van der Waals surface area contributed by atoms with E-state index in [4.69, 9.17) is 15.3 Å². The average Bonchev–Trinajstić information content (AvgIpc) is 0.811. The normalized spacial score (nSPS) is 4.00. The van der Waals surface area contributed by atoms with Gasteiger partial charge in [0.15, 0.2) is 0 Å². The van der Waals surface area contributed by atoms with Gasteiger partial charge >= 0.3 is 18.9 Å². The molecule has 0 aliphatic carbocycles. The number of nitrogens with zero attached hydrogens (tertiary/aromatic N) is 1. The van der Waals surface area contributed by atoms with Crippen molar-refractivity contribution < 1.29 is 36.1 Å². The zero-order valence-electron chi connectivity index (χ0n) is 4.12. The SMILES string of the molecule is O=[N+]([O-])O.[H-].[Li+].[O-2]. The first kappa shape index (κ1) is 17.1. The summed E-state index contributed by atoms with van der Waals surface area (Å²) in [5.41, 5.74) is 0. The molecule has 0 amide bonds. The summed E-state index contributed by atoms with van der Waals surface area (Å²) in [4.78, 5) is 8.36. The van der Waals surface area contributed by atoms with Gasteiger partial charge in [0.2, 0.25) is 0 Å². The van der Waals surface area contributed by atoms with E-state index < -0.39 is 5.09 Å². The Kier molecular flexibility index (Phi) is 25.2. The molecule has 0 spiro atoms. The maximum Gasteiger partial charge on any atom is 1.00 e. The van der Waals surface area contributed by atoms with Gasteiger partial charge in [-0.15, -0.1) is 10.1 Å². The van der Waals surface area contributed by atoms with E-state index in [2.05, 4.69) is 0 Å². The van der Waals surface area contributed by atoms with Gasteiger partial charge < -0.3 is 12.1 Å². The molecule has 6 heteroatoms. The van der Waals surface area contributed by atoms with Crippen LogP contribution >= 0.6 is 0 Å². The molecule has 0 aromatic heterocycles. The molecule has 0 aromatic rings. The van der Waals surface area contributed by atoms with Crippen LogP contribution in [0.15, 0.2) is 0 Å². The Morgan fingerprint density at radius 3 is 1.83 bits per heavy atom. The van der Waals surface area contributed by atoms with Gasteiger partial charge in [-0.25, -0.2) is 0 Å². The van der Waals surface area contributed by atoms with Crippen molar-refractivity contribution in [3.63, 3.8) is 0 Å². The van der Waals surface area contributed by atoms with Crippen molar-refractivity contribution in [2.75, 3.05) is 0 Å². The van der Waals surface area contributed by atoms with Gasteiger partial charge in [-0.1, -0.05) is 0 Å². The smallest absolute Gasteiger partial charge is 1.00 e. The number of rotatable bonds is 0. The molecular weight excluding hydrogens is 84.9 g/mol. The fourth-order valence-electron chi connectivity index (χ4n) is 0. The van der Waals surface area contributed by atoms with Gasteiger partial charge in [-0.3, -0.25) is 0 Å². The first-order valence-electron chi connectivity index (χ1n) is 0.565. The van der Waals surface area contributed by atoms with Gasteiger partial charge in [0.1, 0.15) is 0 Å². The van der Waals surface area contributed by atoms with E-state index in [0.717, 1.165) is 0 Å². The number of hydrogen-bond acceptors (Lipinski definition) is 2. The van der Waals surface area contributed by atoms with Crippen LogP contribution in [0.3, 0.4) is 0 Å². The Balaban J connectivity index is -0.0000000150. The molecule has 0 saturated heterocycles. The fraction of sp³-hybridized carbons (Fsp3) is 0. The molecule has 0 aromatic carbocycles. The summed E-state index contributed by atoms with van der Waals surface area (Å²) in [6.45, 7) is 0. The largest absolute Gasteiger partial charge is 2.00 e. The summed E-state index contributed by atoms with van der Waals surface area (Å²) in [7, 11) is 0. The van der Waals surface area contributed by atoms with Gasteiger partial charge in [0, 0.05) is 0 Å². The topological polar surface area (TPSA) is 91.9 Å². The minimum absolute atomic E-state index is 0. The Morgan fingerprint density at radius 1 is 1.83 bits per heavy atom. The summed E-state index contributed by atoms with van der Waals surface area (Å²) in [6, 6.07) is 0. The van der Waals surface area contributed by atoms with Crippen LogP contribution in [-0.4, -0.2) is 10.3 Å². The van der Waals surface area contributed by atoms with Crippen LogP contribution in [0.25, 0.3) is 0 Å². The van der Waals surface area contributed by atoms with Crippen molar-refractivity contribution in [2.45, 2.75) is 0 Å². The summed E-state index contributed by atoms with van der Waals surface area (Å²) < 4.78 is 0. The number of hydrogen-bond donors (Lipinski definition) is 1. The molecule has 0 radical (unpaired) electrons. The van der Waals surface area contributed by atoms with E-state index in [-0.39, 0.29) is 25.8 Å². The second kappa shape index (κ2) is 8.83. The van der Waals surface area contributed by atoms with Crippen molar-refractivity contribution in [1.29, 1.82) is 0 Å². The standard InChI is InChI=1S/Li.HNO3.O.H/c;2-1(3)4;;/h;(H,2,3,4);;/q+1;;-2;-1. The van der Waals surface area contributed by atoms with Crippen molar-refractivity contribution in [2.24, 2.45) is 0 Å². The van der Waals surface area contributed by atoms with Crippen molar-refractivity contribution in [3.05, 3.63) is 10.1 Å². The van der Waals surface area contributed by atoms with E-state index >= 15 is 0 Å². The predicted molar refractivity (Wildman–Crippen MR) is 10.6 cm³/mol. The van der Waals surface area contributed by atoms with Gasteiger partial charge in [0.05, 0.1) is 0 Å². The minimum Gasteiger partial charge on any atom is -2.00 e. The zero-order chi connectivity index (χ0) is 3.58. The van der Waals surface area contributed by atoms with E-state index in [1.54, 1.807) is 0 Å². The molecule has 1 N–H and O–H groups in total. The van der Waals surface area contributed by atoms with Gasteiger partial charge in [0.25, 0.3) is 5.09 Å². The summed E-state index contributed by atoms with van der Waals surface area (Å²) >= 11 is 0. The van der Waals surface area contributed by atoms with Crippen LogP contribution in [0.4, 0.5) is 0 Å². The molecule has 0 atom stereocenters. The van der Waals surface area contributed by atoms with Crippen LogP contribution in [0.1, 0.15) is 1.43 Å². The molecule has 0 rings (SSSR count). The molecule has 0 unspecified atom stereocenters. The zero-order valence-corrected chi connectivity index (χ0v) is 3.12. The van der Waals surface area contributed by atoms with E-state index in [1.165, 1.54) is 0 Å². The fourth-order valence-corrected chi connectivity index (χ4v) is 0. The first-order valence-corrected chi connectivity index (χ1v) is 0.565. The van der Waals surface area contributed by atoms with E-state index in [0.29, 0.717) is 0 Å². The summed E-state index contributed by atoms with van der Waals surface area (Å²) in [5, 5.41) is 13.6. The molecule has 0 aliphatic rings. The Bertz CT molecular complexity index is 34.7. The molecule has 0 aliphatic heterocycles. The van der Waals surface area contributed by atoms with Crippen molar-refractivity contribution >= 4 is 0 Å². The maximum atomic E-state index is 8.36. The maximum absolute atomic E-state index is 8.36. The molecule has 0 saturated carbocycles. The first-order chi connectivity index (χ1) is 1.73. The Hall–Kier alpha value is -0.243. The summed E-state index contributed by atoms with van der Waals surface area (Å²) in [6.07, 6.45) is 0.